The van der Waals surface area contributed by atoms with Gasteiger partial charge in [0.15, 0.2) is 0 Å². The lowest BCUT2D eigenvalue weighted by molar-refractivity contribution is 0.0998. The van der Waals surface area contributed by atoms with Gasteiger partial charge in [0.25, 0.3) is 5.91 Å². The van der Waals surface area contributed by atoms with Crippen molar-refractivity contribution in [3.63, 3.8) is 0 Å². The summed E-state index contributed by atoms with van der Waals surface area (Å²) in [5.41, 5.74) is 7.33. The highest BCUT2D eigenvalue weighted by atomic mass is 35.5. The van der Waals surface area contributed by atoms with Crippen molar-refractivity contribution in [2.45, 2.75) is 6.54 Å². The molecule has 0 unspecified atom stereocenters. The maximum atomic E-state index is 12.5. The second-order valence-corrected chi connectivity index (χ2v) is 9.63. The summed E-state index contributed by atoms with van der Waals surface area (Å²) in [5.74, 6) is -0.915. The third-order valence-electron chi connectivity index (χ3n) is 4.57. The average molecular weight is 492 g/mol. The predicted octanol–water partition coefficient (Wildman–Crippen LogP) is 4.31. The SMILES string of the molecule is CS(=O)(=O)N(Cc1ccc(C(=O)Nc2ccc(C(N)=O)cc2)cc1)c1cccc(Cl)c1Cl. The normalized spacial score (nSPS) is 11.1. The molecule has 3 rings (SSSR count). The number of halogens is 2. The summed E-state index contributed by atoms with van der Waals surface area (Å²) in [6.07, 6.45) is 1.08. The molecule has 0 aliphatic carbocycles. The summed E-state index contributed by atoms with van der Waals surface area (Å²) in [5, 5.41) is 3.10. The Hall–Kier alpha value is -3.07. The monoisotopic (exact) mass is 491 g/mol. The fourth-order valence-corrected chi connectivity index (χ4v) is 4.26. The van der Waals surface area contributed by atoms with Gasteiger partial charge >= 0.3 is 0 Å². The van der Waals surface area contributed by atoms with E-state index in [1.807, 2.05) is 0 Å². The average Bonchev–Trinajstić information content (AvgIpc) is 2.74. The van der Waals surface area contributed by atoms with Crippen molar-refractivity contribution < 1.29 is 18.0 Å². The van der Waals surface area contributed by atoms with E-state index in [1.165, 1.54) is 12.1 Å². The molecule has 0 aliphatic rings. The van der Waals surface area contributed by atoms with Crippen LogP contribution in [0.1, 0.15) is 26.3 Å². The van der Waals surface area contributed by atoms with Gasteiger partial charge in [-0.2, -0.15) is 0 Å². The largest absolute Gasteiger partial charge is 0.366 e. The van der Waals surface area contributed by atoms with E-state index in [-0.39, 0.29) is 28.2 Å². The maximum absolute atomic E-state index is 12.5. The number of carbonyl (C=O) groups is 2. The molecular formula is C22H19Cl2N3O4S. The van der Waals surface area contributed by atoms with Gasteiger partial charge in [0.05, 0.1) is 28.5 Å². The molecule has 0 heterocycles. The van der Waals surface area contributed by atoms with Crippen LogP contribution in [0.4, 0.5) is 11.4 Å². The Balaban J connectivity index is 1.77. The molecular weight excluding hydrogens is 473 g/mol. The number of hydrogen-bond donors (Lipinski definition) is 2. The van der Waals surface area contributed by atoms with Gasteiger partial charge in [-0.15, -0.1) is 0 Å². The lowest BCUT2D eigenvalue weighted by Gasteiger charge is -2.24. The van der Waals surface area contributed by atoms with Crippen molar-refractivity contribution in [2.24, 2.45) is 5.73 Å². The highest BCUT2D eigenvalue weighted by Crippen LogP contribution is 2.34. The van der Waals surface area contributed by atoms with Crippen molar-refractivity contribution in [2.75, 3.05) is 15.9 Å². The molecule has 0 saturated carbocycles. The molecule has 0 saturated heterocycles. The van der Waals surface area contributed by atoms with Crippen molar-refractivity contribution in [1.82, 2.24) is 0 Å². The molecule has 10 heteroatoms. The zero-order valence-corrected chi connectivity index (χ0v) is 19.2. The van der Waals surface area contributed by atoms with Gasteiger partial charge in [-0.05, 0) is 54.1 Å². The lowest BCUT2D eigenvalue weighted by atomic mass is 10.1. The van der Waals surface area contributed by atoms with Crippen LogP contribution < -0.4 is 15.4 Å². The summed E-state index contributed by atoms with van der Waals surface area (Å²) < 4.78 is 25.9. The highest BCUT2D eigenvalue weighted by Gasteiger charge is 2.21. The number of sulfonamides is 1. The Morgan fingerprint density at radius 3 is 2.09 bits per heavy atom. The quantitative estimate of drug-likeness (QED) is 0.512. The van der Waals surface area contributed by atoms with Crippen LogP contribution in [-0.4, -0.2) is 26.5 Å². The molecule has 0 spiro atoms. The van der Waals surface area contributed by atoms with E-state index in [0.717, 1.165) is 10.6 Å². The molecule has 0 aliphatic heterocycles. The fraction of sp³-hybridized carbons (Fsp3) is 0.0909. The van der Waals surface area contributed by atoms with Gasteiger partial charge in [0.2, 0.25) is 15.9 Å². The van der Waals surface area contributed by atoms with E-state index < -0.39 is 15.9 Å². The molecule has 0 fully saturated rings. The number of primary amides is 1. The van der Waals surface area contributed by atoms with E-state index in [1.54, 1.807) is 54.6 Å². The first kappa shape index (κ1) is 23.6. The molecule has 3 N–H and O–H groups in total. The molecule has 7 nitrogen and oxygen atoms in total. The molecule has 166 valence electrons. The smallest absolute Gasteiger partial charge is 0.255 e. The second-order valence-electron chi connectivity index (χ2n) is 6.94. The first-order valence-electron chi connectivity index (χ1n) is 9.28. The zero-order chi connectivity index (χ0) is 23.5. The van der Waals surface area contributed by atoms with E-state index >= 15 is 0 Å². The van der Waals surface area contributed by atoms with Crippen LogP contribution in [0, 0.1) is 0 Å². The number of hydrogen-bond acceptors (Lipinski definition) is 4. The lowest BCUT2D eigenvalue weighted by Crippen LogP contribution is -2.29. The Labute approximate surface area is 195 Å². The van der Waals surface area contributed by atoms with Gasteiger partial charge in [-0.1, -0.05) is 41.4 Å². The van der Waals surface area contributed by atoms with Crippen molar-refractivity contribution in [3.8, 4) is 0 Å². The number of nitrogens with two attached hydrogens (primary N) is 1. The topological polar surface area (TPSA) is 110 Å². The van der Waals surface area contributed by atoms with Crippen LogP contribution in [0.5, 0.6) is 0 Å². The Morgan fingerprint density at radius 2 is 1.53 bits per heavy atom. The summed E-state index contributed by atoms with van der Waals surface area (Å²) in [6.45, 7) is 0.00930. The van der Waals surface area contributed by atoms with Crippen LogP contribution in [-0.2, 0) is 16.6 Å². The molecule has 3 aromatic carbocycles. The minimum Gasteiger partial charge on any atom is -0.366 e. The van der Waals surface area contributed by atoms with Crippen LogP contribution in [0.15, 0.2) is 66.7 Å². The summed E-state index contributed by atoms with van der Waals surface area (Å²) >= 11 is 12.3. The van der Waals surface area contributed by atoms with Crippen molar-refractivity contribution >= 4 is 56.4 Å². The number of benzene rings is 3. The Bertz CT molecular complexity index is 1260. The van der Waals surface area contributed by atoms with Gasteiger partial charge in [-0.3, -0.25) is 13.9 Å². The summed E-state index contributed by atoms with van der Waals surface area (Å²) in [7, 11) is -3.65. The predicted molar refractivity (Wildman–Crippen MR) is 127 cm³/mol. The van der Waals surface area contributed by atoms with Crippen LogP contribution >= 0.6 is 23.2 Å². The third-order valence-corrected chi connectivity index (χ3v) is 6.51. The molecule has 3 aromatic rings. The Morgan fingerprint density at radius 1 is 0.938 bits per heavy atom. The van der Waals surface area contributed by atoms with E-state index in [4.69, 9.17) is 28.9 Å². The first-order chi connectivity index (χ1) is 15.1. The number of anilines is 2. The maximum Gasteiger partial charge on any atom is 0.255 e. The van der Waals surface area contributed by atoms with Crippen LogP contribution in [0.3, 0.4) is 0 Å². The fourth-order valence-electron chi connectivity index (χ4n) is 2.91. The zero-order valence-electron chi connectivity index (χ0n) is 16.9. The van der Waals surface area contributed by atoms with E-state index in [2.05, 4.69) is 5.32 Å². The van der Waals surface area contributed by atoms with Gasteiger partial charge < -0.3 is 11.1 Å². The Kier molecular flexibility index (Phi) is 7.08. The minimum atomic E-state index is -3.65. The standard InChI is InChI=1S/C22H19Cl2N3O4S/c1-32(30,31)27(19-4-2-3-18(23)20(19)24)13-14-5-7-16(8-6-14)22(29)26-17-11-9-15(10-12-17)21(25)28/h2-12H,13H2,1H3,(H2,25,28)(H,26,29). The minimum absolute atomic E-state index is 0.00930. The highest BCUT2D eigenvalue weighted by molar-refractivity contribution is 7.92. The molecule has 0 atom stereocenters. The number of nitrogens with zero attached hydrogens (tertiary/aromatic N) is 1. The van der Waals surface area contributed by atoms with Gasteiger partial charge in [-0.25, -0.2) is 8.42 Å². The molecule has 2 amide bonds. The first-order valence-corrected chi connectivity index (χ1v) is 11.9. The number of rotatable bonds is 7. The van der Waals surface area contributed by atoms with Crippen LogP contribution in [0.25, 0.3) is 0 Å². The molecule has 0 bridgehead atoms. The summed E-state index contributed by atoms with van der Waals surface area (Å²) in [4.78, 5) is 23.6. The number of carbonyl (C=O) groups excluding carboxylic acids is 2. The second kappa shape index (κ2) is 9.60. The third kappa shape index (κ3) is 5.59. The van der Waals surface area contributed by atoms with Gasteiger partial charge in [0.1, 0.15) is 0 Å². The van der Waals surface area contributed by atoms with Crippen LogP contribution in [0.2, 0.25) is 10.0 Å². The molecule has 0 aromatic heterocycles. The van der Waals surface area contributed by atoms with Crippen molar-refractivity contribution in [3.05, 3.63) is 93.5 Å². The van der Waals surface area contributed by atoms with Gasteiger partial charge in [0, 0.05) is 16.8 Å². The van der Waals surface area contributed by atoms with E-state index in [0.29, 0.717) is 22.4 Å². The number of nitrogens with one attached hydrogen (secondary N) is 1. The van der Waals surface area contributed by atoms with E-state index in [9.17, 15) is 18.0 Å². The number of amides is 2. The molecule has 32 heavy (non-hydrogen) atoms. The van der Waals surface area contributed by atoms with Crippen molar-refractivity contribution in [1.29, 1.82) is 0 Å². The summed E-state index contributed by atoms with van der Waals surface area (Å²) in [6, 6.07) is 17.4. The molecule has 0 radical (unpaired) electrons.